The molecule has 3 nitrogen and oxygen atoms in total. The van der Waals surface area contributed by atoms with E-state index in [1.165, 1.54) is 17.7 Å². The number of nitrogens with zero attached hydrogens (tertiary/aromatic N) is 1. The van der Waals surface area contributed by atoms with Gasteiger partial charge in [-0.25, -0.2) is 0 Å². The number of hydrogen-bond acceptors (Lipinski definition) is 3. The van der Waals surface area contributed by atoms with Crippen LogP contribution in [-0.2, 0) is 6.42 Å². The van der Waals surface area contributed by atoms with E-state index in [-0.39, 0.29) is 0 Å². The van der Waals surface area contributed by atoms with Gasteiger partial charge in [0.2, 0.25) is 0 Å². The zero-order valence-corrected chi connectivity index (χ0v) is 9.70. The summed E-state index contributed by atoms with van der Waals surface area (Å²) in [4.78, 5) is 2.54. The molecule has 0 spiro atoms. The molecule has 1 N–H and O–H groups in total. The van der Waals surface area contributed by atoms with Gasteiger partial charge in [-0.3, -0.25) is 0 Å². The molecule has 0 radical (unpaired) electrons. The molecule has 1 unspecified atom stereocenters. The zero-order valence-electron chi connectivity index (χ0n) is 9.70. The topological polar surface area (TPSA) is 24.5 Å². The van der Waals surface area contributed by atoms with Crippen molar-refractivity contribution in [3.63, 3.8) is 0 Å². The molecule has 0 aromatic heterocycles. The number of rotatable bonds is 1. The Bertz CT molecular complexity index is 392. The number of ether oxygens (including phenoxy) is 1. The van der Waals surface area contributed by atoms with Crippen molar-refractivity contribution >= 4 is 5.69 Å². The molecular weight excluding hydrogens is 200 g/mol. The summed E-state index contributed by atoms with van der Waals surface area (Å²) in [5.74, 6) is 1.05. The van der Waals surface area contributed by atoms with E-state index in [1.54, 1.807) is 7.11 Å². The summed E-state index contributed by atoms with van der Waals surface area (Å²) in [7, 11) is 1.76. The van der Waals surface area contributed by atoms with Gasteiger partial charge in [-0.15, -0.1) is 0 Å². The van der Waals surface area contributed by atoms with E-state index in [2.05, 4.69) is 28.4 Å². The van der Waals surface area contributed by atoms with Crippen LogP contribution in [0.1, 0.15) is 12.0 Å². The Hall–Kier alpha value is -1.22. The lowest BCUT2D eigenvalue weighted by molar-refractivity contribution is 0.410. The first-order chi connectivity index (χ1) is 7.90. The lowest BCUT2D eigenvalue weighted by Gasteiger charge is -2.24. The summed E-state index contributed by atoms with van der Waals surface area (Å²) in [5, 5.41) is 3.51. The molecule has 2 aliphatic heterocycles. The monoisotopic (exact) mass is 218 g/mol. The van der Waals surface area contributed by atoms with Crippen molar-refractivity contribution in [2.24, 2.45) is 0 Å². The van der Waals surface area contributed by atoms with Gasteiger partial charge in [0.05, 0.1) is 7.11 Å². The van der Waals surface area contributed by atoms with E-state index < -0.39 is 0 Å². The van der Waals surface area contributed by atoms with Gasteiger partial charge in [0, 0.05) is 30.4 Å². The molecule has 3 rings (SSSR count). The molecule has 1 fully saturated rings. The molecular formula is C13H18N2O. The fourth-order valence-corrected chi connectivity index (χ4v) is 2.89. The highest BCUT2D eigenvalue weighted by molar-refractivity contribution is 5.64. The molecule has 1 atom stereocenters. The standard InChI is InChI=1S/C13H18N2O/c1-16-13-5-2-4-12-11(13)8-10-9-14-6-3-7-15(10)12/h2,4-5,10,14H,3,6-9H2,1H3. The number of methoxy groups -OCH3 is 1. The van der Waals surface area contributed by atoms with Gasteiger partial charge in [-0.1, -0.05) is 6.07 Å². The maximum Gasteiger partial charge on any atom is 0.124 e. The zero-order chi connectivity index (χ0) is 11.0. The summed E-state index contributed by atoms with van der Waals surface area (Å²) in [5.41, 5.74) is 2.77. The maximum absolute atomic E-state index is 5.45. The molecule has 86 valence electrons. The van der Waals surface area contributed by atoms with Crippen LogP contribution in [0.15, 0.2) is 18.2 Å². The average molecular weight is 218 g/mol. The highest BCUT2D eigenvalue weighted by atomic mass is 16.5. The van der Waals surface area contributed by atoms with Gasteiger partial charge in [-0.2, -0.15) is 0 Å². The van der Waals surface area contributed by atoms with Gasteiger partial charge < -0.3 is 15.0 Å². The fraction of sp³-hybridized carbons (Fsp3) is 0.538. The third kappa shape index (κ3) is 1.47. The molecule has 1 saturated heterocycles. The van der Waals surface area contributed by atoms with Crippen LogP contribution in [0.3, 0.4) is 0 Å². The van der Waals surface area contributed by atoms with Crippen LogP contribution in [0, 0.1) is 0 Å². The van der Waals surface area contributed by atoms with Crippen LogP contribution in [0.25, 0.3) is 0 Å². The summed E-state index contributed by atoms with van der Waals surface area (Å²) < 4.78 is 5.45. The van der Waals surface area contributed by atoms with Crippen molar-refractivity contribution in [1.29, 1.82) is 0 Å². The third-order valence-electron chi connectivity index (χ3n) is 3.65. The van der Waals surface area contributed by atoms with Crippen LogP contribution >= 0.6 is 0 Å². The molecule has 0 amide bonds. The van der Waals surface area contributed by atoms with Crippen molar-refractivity contribution in [3.8, 4) is 5.75 Å². The van der Waals surface area contributed by atoms with Gasteiger partial charge in [0.15, 0.2) is 0 Å². The number of anilines is 1. The van der Waals surface area contributed by atoms with Gasteiger partial charge in [0.1, 0.15) is 5.75 Å². The molecule has 2 aliphatic rings. The van der Waals surface area contributed by atoms with E-state index in [0.717, 1.165) is 31.8 Å². The lowest BCUT2D eigenvalue weighted by Crippen LogP contribution is -2.36. The lowest BCUT2D eigenvalue weighted by atomic mass is 10.1. The third-order valence-corrected chi connectivity index (χ3v) is 3.65. The highest BCUT2D eigenvalue weighted by Crippen LogP contribution is 2.38. The minimum Gasteiger partial charge on any atom is -0.496 e. The Labute approximate surface area is 96.4 Å². The van der Waals surface area contributed by atoms with Gasteiger partial charge >= 0.3 is 0 Å². The second-order valence-corrected chi connectivity index (χ2v) is 4.57. The van der Waals surface area contributed by atoms with E-state index in [0.29, 0.717) is 6.04 Å². The van der Waals surface area contributed by atoms with Crippen LogP contribution < -0.4 is 15.0 Å². The van der Waals surface area contributed by atoms with E-state index >= 15 is 0 Å². The molecule has 1 aromatic rings. The normalized spacial score (nSPS) is 23.6. The fourth-order valence-electron chi connectivity index (χ4n) is 2.89. The summed E-state index contributed by atoms with van der Waals surface area (Å²) >= 11 is 0. The Kier molecular flexibility index (Phi) is 2.48. The first-order valence-corrected chi connectivity index (χ1v) is 6.03. The minimum atomic E-state index is 0.619. The van der Waals surface area contributed by atoms with Crippen LogP contribution in [0.4, 0.5) is 5.69 Å². The number of fused-ring (bicyclic) bond motifs is 3. The second-order valence-electron chi connectivity index (χ2n) is 4.57. The summed E-state index contributed by atoms with van der Waals surface area (Å²) in [6, 6.07) is 7.01. The smallest absolute Gasteiger partial charge is 0.124 e. The Morgan fingerprint density at radius 1 is 1.44 bits per heavy atom. The Morgan fingerprint density at radius 3 is 3.25 bits per heavy atom. The molecule has 3 heteroatoms. The Balaban J connectivity index is 1.99. The maximum atomic E-state index is 5.45. The van der Waals surface area contributed by atoms with E-state index in [9.17, 15) is 0 Å². The van der Waals surface area contributed by atoms with Crippen LogP contribution in [0.2, 0.25) is 0 Å². The van der Waals surface area contributed by atoms with E-state index in [1.807, 2.05) is 0 Å². The number of benzene rings is 1. The van der Waals surface area contributed by atoms with Crippen molar-refractivity contribution in [2.75, 3.05) is 31.6 Å². The average Bonchev–Trinajstić information content (AvgIpc) is 2.52. The van der Waals surface area contributed by atoms with Crippen LogP contribution in [-0.4, -0.2) is 32.8 Å². The predicted molar refractivity (Wildman–Crippen MR) is 65.3 cm³/mol. The number of hydrogen-bond donors (Lipinski definition) is 1. The summed E-state index contributed by atoms with van der Waals surface area (Å²) in [6.45, 7) is 3.40. The molecule has 1 aromatic carbocycles. The molecule has 0 saturated carbocycles. The predicted octanol–water partition coefficient (Wildman–Crippen LogP) is 1.42. The summed E-state index contributed by atoms with van der Waals surface area (Å²) in [6.07, 6.45) is 2.35. The molecule has 0 bridgehead atoms. The van der Waals surface area contributed by atoms with Crippen molar-refractivity contribution in [3.05, 3.63) is 23.8 Å². The van der Waals surface area contributed by atoms with Gasteiger partial charge in [0.25, 0.3) is 0 Å². The van der Waals surface area contributed by atoms with Crippen molar-refractivity contribution in [2.45, 2.75) is 18.9 Å². The molecule has 16 heavy (non-hydrogen) atoms. The number of nitrogens with one attached hydrogen (secondary N) is 1. The van der Waals surface area contributed by atoms with E-state index in [4.69, 9.17) is 4.74 Å². The molecule has 2 heterocycles. The van der Waals surface area contributed by atoms with Gasteiger partial charge in [-0.05, 0) is 31.5 Å². The van der Waals surface area contributed by atoms with Crippen molar-refractivity contribution in [1.82, 2.24) is 5.32 Å². The largest absolute Gasteiger partial charge is 0.496 e. The first-order valence-electron chi connectivity index (χ1n) is 6.03. The SMILES string of the molecule is COc1cccc2c1CC1CNCCCN21. The minimum absolute atomic E-state index is 0.619. The van der Waals surface area contributed by atoms with Crippen molar-refractivity contribution < 1.29 is 4.74 Å². The molecule has 0 aliphatic carbocycles. The highest BCUT2D eigenvalue weighted by Gasteiger charge is 2.31. The second kappa shape index (κ2) is 3.98. The first kappa shape index (κ1) is 9.97. The quantitative estimate of drug-likeness (QED) is 0.771. The van der Waals surface area contributed by atoms with Crippen LogP contribution in [0.5, 0.6) is 5.75 Å². The Morgan fingerprint density at radius 2 is 2.38 bits per heavy atom.